The van der Waals surface area contributed by atoms with Gasteiger partial charge in [-0.25, -0.2) is 0 Å². The second-order valence-electron chi connectivity index (χ2n) is 13.0. The maximum atomic E-state index is 9.50. The van der Waals surface area contributed by atoms with Crippen molar-refractivity contribution in [3.63, 3.8) is 0 Å². The molecule has 0 saturated heterocycles. The highest BCUT2D eigenvalue weighted by atomic mass is 16.3. The molecule has 1 heterocycles. The topological polar surface area (TPSA) is 13.1 Å². The number of hydrogen-bond donors (Lipinski definition) is 0. The zero-order valence-corrected chi connectivity index (χ0v) is 27.1. The van der Waals surface area contributed by atoms with Gasteiger partial charge in [-0.05, 0) is 112 Å². The summed E-state index contributed by atoms with van der Waals surface area (Å²) in [6.45, 7) is 0. The first-order valence-corrected chi connectivity index (χ1v) is 16.9. The van der Waals surface area contributed by atoms with Gasteiger partial charge in [-0.3, -0.25) is 0 Å². The molecular formula is C50H30O. The quantitative estimate of drug-likeness (QED) is 0.173. The summed E-state index contributed by atoms with van der Waals surface area (Å²) >= 11 is 0. The Labute approximate surface area is 305 Å². The molecule has 0 radical (unpaired) electrons. The van der Waals surface area contributed by atoms with Crippen LogP contribution in [0.2, 0.25) is 0 Å². The van der Waals surface area contributed by atoms with Crippen LogP contribution in [0.4, 0.5) is 0 Å². The Morgan fingerprint density at radius 1 is 0.353 bits per heavy atom. The second kappa shape index (κ2) is 10.9. The molecule has 1 heteroatoms. The summed E-state index contributed by atoms with van der Waals surface area (Å²) in [5.74, 6) is 0. The summed E-state index contributed by atoms with van der Waals surface area (Å²) in [6, 6.07) is 40.8. The molecule has 0 fully saturated rings. The van der Waals surface area contributed by atoms with Gasteiger partial charge in [0.2, 0.25) is 0 Å². The van der Waals surface area contributed by atoms with Crippen molar-refractivity contribution < 1.29 is 15.4 Å². The number of furan rings is 1. The fraction of sp³-hybridized carbons (Fsp3) is 0. The maximum Gasteiger partial charge on any atom is 0.136 e. The summed E-state index contributed by atoms with van der Waals surface area (Å²) in [6.07, 6.45) is 0. The Morgan fingerprint density at radius 2 is 0.922 bits per heavy atom. The summed E-state index contributed by atoms with van der Waals surface area (Å²) in [4.78, 5) is 0. The first-order chi connectivity index (χ1) is 28.6. The van der Waals surface area contributed by atoms with Crippen LogP contribution < -0.4 is 0 Å². The Bertz CT molecular complexity index is 3580. The van der Waals surface area contributed by atoms with E-state index in [9.17, 15) is 5.48 Å². The molecule has 0 saturated carbocycles. The van der Waals surface area contributed by atoms with E-state index in [2.05, 4.69) is 30.3 Å². The molecule has 0 atom stereocenters. The van der Waals surface area contributed by atoms with E-state index in [-0.39, 0.29) is 45.7 Å². The molecule has 0 aliphatic heterocycles. The summed E-state index contributed by atoms with van der Waals surface area (Å²) in [5.41, 5.74) is 5.19. The van der Waals surface area contributed by atoms with Gasteiger partial charge in [0.05, 0.1) is 11.0 Å². The third kappa shape index (κ3) is 4.22. The van der Waals surface area contributed by atoms with Crippen molar-refractivity contribution in [1.82, 2.24) is 0 Å². The van der Waals surface area contributed by atoms with Crippen molar-refractivity contribution in [2.24, 2.45) is 0 Å². The fourth-order valence-electron chi connectivity index (χ4n) is 8.02. The molecule has 0 amide bonds. The van der Waals surface area contributed by atoms with Crippen molar-refractivity contribution >= 4 is 75.8 Å². The zero-order valence-electron chi connectivity index (χ0n) is 35.1. The van der Waals surface area contributed by atoms with Crippen LogP contribution in [-0.2, 0) is 0 Å². The van der Waals surface area contributed by atoms with E-state index in [0.29, 0.717) is 22.3 Å². The molecule has 51 heavy (non-hydrogen) atoms. The van der Waals surface area contributed by atoms with E-state index in [1.54, 1.807) is 0 Å². The van der Waals surface area contributed by atoms with Gasteiger partial charge in [0, 0.05) is 10.8 Å². The highest BCUT2D eigenvalue weighted by Gasteiger charge is 2.20. The van der Waals surface area contributed by atoms with Crippen molar-refractivity contribution in [3.05, 3.63) is 182 Å². The molecule has 0 aliphatic carbocycles. The lowest BCUT2D eigenvalue weighted by Crippen LogP contribution is -1.92. The van der Waals surface area contributed by atoms with Crippen molar-refractivity contribution in [3.8, 4) is 33.4 Å². The van der Waals surface area contributed by atoms with Gasteiger partial charge in [-0.2, -0.15) is 0 Å². The summed E-state index contributed by atoms with van der Waals surface area (Å²) < 4.78 is 79.9. The number of hydrogen-bond acceptors (Lipinski definition) is 1. The van der Waals surface area contributed by atoms with Crippen molar-refractivity contribution in [2.75, 3.05) is 0 Å². The molecule has 0 unspecified atom stereocenters. The van der Waals surface area contributed by atoms with Crippen molar-refractivity contribution in [2.45, 2.75) is 0 Å². The van der Waals surface area contributed by atoms with Crippen LogP contribution in [0, 0.1) is 0 Å². The van der Waals surface area contributed by atoms with Gasteiger partial charge < -0.3 is 4.42 Å². The molecule has 10 aromatic carbocycles. The van der Waals surface area contributed by atoms with E-state index in [4.69, 9.17) is 9.90 Å². The van der Waals surface area contributed by atoms with Crippen LogP contribution >= 0.6 is 0 Å². The van der Waals surface area contributed by atoms with Gasteiger partial charge in [-0.15, -0.1) is 0 Å². The van der Waals surface area contributed by atoms with E-state index in [1.165, 1.54) is 0 Å². The van der Waals surface area contributed by atoms with Crippen LogP contribution in [0.1, 0.15) is 11.0 Å². The minimum absolute atomic E-state index is 0.185. The lowest BCUT2D eigenvalue weighted by atomic mass is 9.83. The van der Waals surface area contributed by atoms with Gasteiger partial charge in [0.15, 0.2) is 0 Å². The molecule has 236 valence electrons. The minimum atomic E-state index is -0.430. The van der Waals surface area contributed by atoms with Crippen LogP contribution in [0.15, 0.2) is 186 Å². The number of rotatable bonds is 3. The van der Waals surface area contributed by atoms with E-state index >= 15 is 0 Å². The Morgan fingerprint density at radius 3 is 1.63 bits per heavy atom. The molecule has 1 nitrogen and oxygen atoms in total. The van der Waals surface area contributed by atoms with E-state index in [0.717, 1.165) is 65.4 Å². The average molecular weight is 655 g/mol. The molecule has 0 aliphatic rings. The average Bonchev–Trinajstić information content (AvgIpc) is 3.64. The molecule has 11 rings (SSSR count). The molecule has 0 N–H and O–H groups in total. The third-order valence-electron chi connectivity index (χ3n) is 10.3. The summed E-state index contributed by atoms with van der Waals surface area (Å²) in [7, 11) is 0. The first kappa shape index (κ1) is 21.4. The highest BCUT2D eigenvalue weighted by molar-refractivity contribution is 6.25. The number of benzene rings is 10. The largest absolute Gasteiger partial charge is 0.456 e. The SMILES string of the molecule is [2H]c1c([2H])c([2H])c2c(-c3ccc(-c4cccc5oc6cc7ccccc7cc6c45)c4ccccc34)c3c([2H])c([2H])c([2H])c([2H])c3c(-c3ccc4ccccc4c3)c2c1[2H]. The van der Waals surface area contributed by atoms with E-state index < -0.39 is 24.2 Å². The number of fused-ring (bicyclic) bond motifs is 8. The maximum absolute atomic E-state index is 9.50. The Hall–Kier alpha value is -6.70. The molecule has 1 aromatic heterocycles. The van der Waals surface area contributed by atoms with Crippen LogP contribution in [-0.4, -0.2) is 0 Å². The molecule has 11 aromatic rings. The van der Waals surface area contributed by atoms with Crippen LogP contribution in [0.5, 0.6) is 0 Å². The Kier molecular flexibility index (Phi) is 4.57. The third-order valence-corrected chi connectivity index (χ3v) is 10.3. The predicted octanol–water partition coefficient (Wildman–Crippen LogP) is 14.4. The normalized spacial score (nSPS) is 14.1. The lowest BCUT2D eigenvalue weighted by molar-refractivity contribution is 0.669. The Balaban J connectivity index is 1.30. The van der Waals surface area contributed by atoms with Gasteiger partial charge in [0.25, 0.3) is 0 Å². The van der Waals surface area contributed by atoms with E-state index in [1.807, 2.05) is 103 Å². The van der Waals surface area contributed by atoms with Crippen LogP contribution in [0.25, 0.3) is 109 Å². The van der Waals surface area contributed by atoms with Gasteiger partial charge >= 0.3 is 0 Å². The first-order valence-electron chi connectivity index (χ1n) is 20.9. The highest BCUT2D eigenvalue weighted by Crippen LogP contribution is 2.48. The monoisotopic (exact) mass is 654 g/mol. The van der Waals surface area contributed by atoms with Crippen LogP contribution in [0.3, 0.4) is 0 Å². The fourth-order valence-corrected chi connectivity index (χ4v) is 8.02. The lowest BCUT2D eigenvalue weighted by Gasteiger charge is -2.20. The molecular weight excluding hydrogens is 617 g/mol. The predicted molar refractivity (Wildman–Crippen MR) is 218 cm³/mol. The minimum Gasteiger partial charge on any atom is -0.456 e. The molecule has 0 spiro atoms. The van der Waals surface area contributed by atoms with Crippen molar-refractivity contribution in [1.29, 1.82) is 0 Å². The van der Waals surface area contributed by atoms with Gasteiger partial charge in [-0.1, -0.05) is 158 Å². The smallest absolute Gasteiger partial charge is 0.136 e. The van der Waals surface area contributed by atoms with Gasteiger partial charge in [0.1, 0.15) is 11.2 Å². The standard InChI is InChI=1S/C50H30O/c1-2-13-32-28-35(25-24-31(32)12-1)48-40-18-7-9-20-42(40)49(43-21-10-8-19-41(43)48)44-27-26-38(36-16-5-6-17-37(36)44)39-22-11-23-46-50(39)45-29-33-14-3-4-15-34(33)30-47(45)51-46/h1-30H/i7D,8D,9D,10D,18D,19D,20D,21D. The summed E-state index contributed by atoms with van der Waals surface area (Å²) in [5, 5.41) is 8.32. The zero-order chi connectivity index (χ0) is 40.4. The second-order valence-corrected chi connectivity index (χ2v) is 13.0. The molecule has 0 bridgehead atoms.